The van der Waals surface area contributed by atoms with Gasteiger partial charge in [-0.05, 0) is 6.42 Å². The first-order valence-electron chi connectivity index (χ1n) is 7.92. The van der Waals surface area contributed by atoms with Gasteiger partial charge in [-0.2, -0.15) is 0 Å². The molecule has 2 N–H and O–H groups in total. The lowest BCUT2D eigenvalue weighted by molar-refractivity contribution is 0.303. The molecule has 1 atom stereocenters. The second-order valence-electron chi connectivity index (χ2n) is 5.35. The van der Waals surface area contributed by atoms with Crippen molar-refractivity contribution in [3.63, 3.8) is 0 Å². The van der Waals surface area contributed by atoms with Crippen LogP contribution in [0.5, 0.6) is 11.5 Å². The number of benzene rings is 1. The Bertz CT molecular complexity index is 454. The number of nitrogens with two attached hydrogens (primary N) is 1. The smallest absolute Gasteiger partial charge is 0.144 e. The lowest BCUT2D eigenvalue weighted by Crippen LogP contribution is -2.01. The van der Waals surface area contributed by atoms with Crippen LogP contribution in [0.15, 0.2) is 18.2 Å². The summed E-state index contributed by atoms with van der Waals surface area (Å²) in [6.45, 7) is 2.82. The van der Waals surface area contributed by atoms with Crippen molar-refractivity contribution in [3.05, 3.63) is 18.2 Å². The largest absolute Gasteiger partial charge is 0.740 e. The van der Waals surface area contributed by atoms with Crippen molar-refractivity contribution in [2.75, 3.05) is 12.3 Å². The molecule has 1 rings (SSSR count). The molecule has 1 aromatic rings. The van der Waals surface area contributed by atoms with Crippen LogP contribution in [0.25, 0.3) is 0 Å². The van der Waals surface area contributed by atoms with E-state index in [1.165, 1.54) is 50.7 Å². The molecule has 0 aliphatic carbocycles. The highest BCUT2D eigenvalue weighted by molar-refractivity contribution is 7.74. The van der Waals surface area contributed by atoms with Gasteiger partial charge in [-0.15, -0.1) is 0 Å². The summed E-state index contributed by atoms with van der Waals surface area (Å²) in [5.74, 6) is 0.697. The minimum Gasteiger partial charge on any atom is -0.740 e. The summed E-state index contributed by atoms with van der Waals surface area (Å²) in [6, 6.07) is 4.63. The third-order valence-electron chi connectivity index (χ3n) is 3.33. The molecule has 0 aliphatic rings. The average molecular weight is 328 g/mol. The van der Waals surface area contributed by atoms with Gasteiger partial charge in [-0.1, -0.05) is 51.9 Å². The van der Waals surface area contributed by atoms with Crippen molar-refractivity contribution in [1.29, 1.82) is 0 Å². The predicted octanol–water partition coefficient (Wildman–Crippen LogP) is 3.96. The summed E-state index contributed by atoms with van der Waals surface area (Å²) >= 11 is -2.61. The molecule has 0 heterocycles. The molecule has 0 saturated carbocycles. The second kappa shape index (κ2) is 11.3. The Kier molecular flexibility index (Phi) is 9.66. The normalized spacial score (nSPS) is 12.1. The van der Waals surface area contributed by atoms with Crippen LogP contribution in [0.1, 0.15) is 58.3 Å². The molecular formula is C16H26NO4S-. The van der Waals surface area contributed by atoms with Gasteiger partial charge in [0.2, 0.25) is 0 Å². The molecule has 22 heavy (non-hydrogen) atoms. The molecule has 5 nitrogen and oxygen atoms in total. The summed E-state index contributed by atoms with van der Waals surface area (Å²) in [4.78, 5) is 0. The molecule has 0 bridgehead atoms. The van der Waals surface area contributed by atoms with E-state index in [9.17, 15) is 8.76 Å². The van der Waals surface area contributed by atoms with E-state index in [4.69, 9.17) is 10.5 Å². The fourth-order valence-corrected chi connectivity index (χ4v) is 2.48. The van der Waals surface area contributed by atoms with E-state index in [0.29, 0.717) is 18.0 Å². The van der Waals surface area contributed by atoms with Crippen LogP contribution in [0, 0.1) is 0 Å². The number of hydrogen-bond donors (Lipinski definition) is 1. The van der Waals surface area contributed by atoms with Gasteiger partial charge >= 0.3 is 0 Å². The zero-order valence-corrected chi connectivity index (χ0v) is 14.0. The lowest BCUT2D eigenvalue weighted by Gasteiger charge is -2.11. The van der Waals surface area contributed by atoms with Crippen LogP contribution in [0.3, 0.4) is 0 Å². The standard InChI is InChI=1S/C16H27NO4S/c1-2-3-4-5-6-7-8-9-10-20-15-11-14(17)12-16(13-15)21-22(18)19/h11-13H,2-10,17H2,1H3,(H,18,19)/p-1. The highest BCUT2D eigenvalue weighted by Crippen LogP contribution is 2.25. The van der Waals surface area contributed by atoms with E-state index in [2.05, 4.69) is 11.1 Å². The first-order chi connectivity index (χ1) is 10.6. The summed E-state index contributed by atoms with van der Waals surface area (Å²) in [5, 5.41) is 0. The molecule has 6 heteroatoms. The number of hydrogen-bond acceptors (Lipinski definition) is 5. The van der Waals surface area contributed by atoms with Gasteiger partial charge in [-0.25, -0.2) is 4.21 Å². The van der Waals surface area contributed by atoms with Crippen LogP contribution in [-0.4, -0.2) is 15.4 Å². The molecule has 0 aromatic heterocycles. The predicted molar refractivity (Wildman–Crippen MR) is 88.5 cm³/mol. The van der Waals surface area contributed by atoms with Gasteiger partial charge in [0.15, 0.2) is 0 Å². The van der Waals surface area contributed by atoms with Crippen molar-refractivity contribution in [1.82, 2.24) is 0 Å². The molecule has 0 saturated heterocycles. The third-order valence-corrected chi connectivity index (χ3v) is 3.66. The van der Waals surface area contributed by atoms with Crippen LogP contribution < -0.4 is 14.7 Å². The molecule has 126 valence electrons. The van der Waals surface area contributed by atoms with E-state index < -0.39 is 11.4 Å². The second-order valence-corrected chi connectivity index (χ2v) is 5.92. The van der Waals surface area contributed by atoms with Crippen molar-refractivity contribution < 1.29 is 17.7 Å². The molecule has 0 spiro atoms. The van der Waals surface area contributed by atoms with Gasteiger partial charge < -0.3 is 19.2 Å². The zero-order chi connectivity index (χ0) is 16.2. The fraction of sp³-hybridized carbons (Fsp3) is 0.625. The minimum atomic E-state index is -2.61. The topological polar surface area (TPSA) is 84.6 Å². The summed E-state index contributed by atoms with van der Waals surface area (Å²) in [7, 11) is 0. The molecule has 0 radical (unpaired) electrons. The number of ether oxygens (including phenoxy) is 1. The first kappa shape index (κ1) is 18.8. The number of anilines is 1. The maximum Gasteiger partial charge on any atom is 0.144 e. The van der Waals surface area contributed by atoms with Crippen LogP contribution in [-0.2, 0) is 11.4 Å². The maximum atomic E-state index is 10.5. The zero-order valence-electron chi connectivity index (χ0n) is 13.2. The van der Waals surface area contributed by atoms with Crippen molar-refractivity contribution >= 4 is 17.0 Å². The average Bonchev–Trinajstić information content (AvgIpc) is 2.44. The Balaban J connectivity index is 2.19. The molecule has 1 unspecified atom stereocenters. The highest BCUT2D eigenvalue weighted by Gasteiger charge is 2.02. The number of rotatable bonds is 12. The quantitative estimate of drug-likeness (QED) is 0.356. The van der Waals surface area contributed by atoms with Crippen molar-refractivity contribution in [2.45, 2.75) is 58.3 Å². The van der Waals surface area contributed by atoms with Crippen LogP contribution in [0.2, 0.25) is 0 Å². The lowest BCUT2D eigenvalue weighted by atomic mass is 10.1. The summed E-state index contributed by atoms with van der Waals surface area (Å²) < 4.78 is 31.2. The third kappa shape index (κ3) is 8.89. The van der Waals surface area contributed by atoms with E-state index in [1.807, 2.05) is 0 Å². The summed E-state index contributed by atoms with van der Waals surface area (Å²) in [6.07, 6.45) is 9.89. The Labute approximate surface area is 135 Å². The fourth-order valence-electron chi connectivity index (χ4n) is 2.23. The monoisotopic (exact) mass is 328 g/mol. The van der Waals surface area contributed by atoms with Gasteiger partial charge in [-0.3, -0.25) is 0 Å². The number of unbranched alkanes of at least 4 members (excludes halogenated alkanes) is 7. The van der Waals surface area contributed by atoms with Gasteiger partial charge in [0.1, 0.15) is 22.9 Å². The van der Waals surface area contributed by atoms with Crippen LogP contribution >= 0.6 is 0 Å². The van der Waals surface area contributed by atoms with Gasteiger partial charge in [0.25, 0.3) is 0 Å². The van der Waals surface area contributed by atoms with E-state index in [-0.39, 0.29) is 5.75 Å². The highest BCUT2D eigenvalue weighted by atomic mass is 32.2. The van der Waals surface area contributed by atoms with E-state index in [0.717, 1.165) is 12.8 Å². The Morgan fingerprint density at radius 2 is 1.59 bits per heavy atom. The maximum absolute atomic E-state index is 10.5. The molecule has 1 aromatic carbocycles. The van der Waals surface area contributed by atoms with Gasteiger partial charge in [0, 0.05) is 23.9 Å². The molecule has 0 fully saturated rings. The van der Waals surface area contributed by atoms with E-state index in [1.54, 1.807) is 6.07 Å². The molecule has 0 amide bonds. The van der Waals surface area contributed by atoms with Crippen molar-refractivity contribution in [3.8, 4) is 11.5 Å². The minimum absolute atomic E-state index is 0.166. The Morgan fingerprint density at radius 3 is 2.23 bits per heavy atom. The molecular weight excluding hydrogens is 302 g/mol. The Hall–Kier alpha value is -1.27. The first-order valence-corrected chi connectivity index (χ1v) is 8.92. The molecule has 0 aliphatic heterocycles. The van der Waals surface area contributed by atoms with Crippen LogP contribution in [0.4, 0.5) is 5.69 Å². The Morgan fingerprint density at radius 1 is 1.00 bits per heavy atom. The summed E-state index contributed by atoms with van der Waals surface area (Å²) in [5.41, 5.74) is 6.10. The van der Waals surface area contributed by atoms with Crippen molar-refractivity contribution in [2.24, 2.45) is 0 Å². The van der Waals surface area contributed by atoms with Gasteiger partial charge in [0.05, 0.1) is 6.61 Å². The SMILES string of the molecule is CCCCCCCCCCOc1cc(N)cc(OS(=O)[O-])c1. The van der Waals surface area contributed by atoms with E-state index >= 15 is 0 Å². The number of nitrogen functional groups attached to an aromatic ring is 1.